The predicted molar refractivity (Wildman–Crippen MR) is 114 cm³/mol. The van der Waals surface area contributed by atoms with E-state index < -0.39 is 18.2 Å². The molecule has 2 aliphatic heterocycles. The molecule has 0 spiro atoms. The largest absolute Gasteiger partial charge is 0.480 e. The molecular formula is C22H19ClF3N5O2. The Morgan fingerprint density at radius 3 is 2.73 bits per heavy atom. The number of rotatable bonds is 3. The zero-order valence-electron chi connectivity index (χ0n) is 17.8. The number of alkyl halides is 3. The van der Waals surface area contributed by atoms with E-state index in [4.69, 9.17) is 16.3 Å². The fourth-order valence-electron chi connectivity index (χ4n) is 3.68. The molecule has 7 nitrogen and oxygen atoms in total. The SMILES string of the molecule is CC1=CCCN=C1n1cc2c(n1)CN(C(=O)c1c(OC(C)C(F)(F)F)ccc(C#N)c1Cl)C2. The molecule has 172 valence electrons. The number of nitriles is 1. The number of nitrogens with zero attached hydrogens (tertiary/aromatic N) is 5. The highest BCUT2D eigenvalue weighted by atomic mass is 35.5. The van der Waals surface area contributed by atoms with Crippen LogP contribution in [0.5, 0.6) is 5.75 Å². The van der Waals surface area contributed by atoms with Crippen LogP contribution in [0.25, 0.3) is 0 Å². The maximum absolute atomic E-state index is 13.3. The van der Waals surface area contributed by atoms with Gasteiger partial charge in [0.1, 0.15) is 17.4 Å². The molecule has 1 aromatic carbocycles. The summed E-state index contributed by atoms with van der Waals surface area (Å²) in [5, 5.41) is 13.6. The fourth-order valence-corrected chi connectivity index (χ4v) is 3.96. The van der Waals surface area contributed by atoms with E-state index in [-0.39, 0.29) is 35.0 Å². The third-order valence-corrected chi connectivity index (χ3v) is 5.87. The maximum Gasteiger partial charge on any atom is 0.425 e. The van der Waals surface area contributed by atoms with Crippen molar-refractivity contribution in [1.29, 1.82) is 5.26 Å². The molecule has 0 radical (unpaired) electrons. The summed E-state index contributed by atoms with van der Waals surface area (Å²) in [5.41, 5.74) is 2.15. The quantitative estimate of drug-likeness (QED) is 0.652. The van der Waals surface area contributed by atoms with Crippen LogP contribution >= 0.6 is 11.6 Å². The van der Waals surface area contributed by atoms with Crippen molar-refractivity contribution in [2.24, 2.45) is 4.99 Å². The molecule has 2 aromatic rings. The van der Waals surface area contributed by atoms with Crippen molar-refractivity contribution in [3.63, 3.8) is 0 Å². The predicted octanol–water partition coefficient (Wildman–Crippen LogP) is 4.49. The highest BCUT2D eigenvalue weighted by molar-refractivity contribution is 6.35. The van der Waals surface area contributed by atoms with E-state index in [2.05, 4.69) is 16.2 Å². The molecule has 11 heteroatoms. The number of ether oxygens (including phenoxy) is 1. The number of hydrogen-bond acceptors (Lipinski definition) is 5. The van der Waals surface area contributed by atoms with Crippen molar-refractivity contribution < 1.29 is 22.7 Å². The average Bonchev–Trinajstić information content (AvgIpc) is 3.32. The second-order valence-corrected chi connectivity index (χ2v) is 8.18. The monoisotopic (exact) mass is 477 g/mol. The van der Waals surface area contributed by atoms with Gasteiger partial charge in [0, 0.05) is 24.8 Å². The van der Waals surface area contributed by atoms with Crippen LogP contribution in [0.4, 0.5) is 13.2 Å². The van der Waals surface area contributed by atoms with Crippen LogP contribution in [0.3, 0.4) is 0 Å². The van der Waals surface area contributed by atoms with Gasteiger partial charge < -0.3 is 9.64 Å². The van der Waals surface area contributed by atoms with Gasteiger partial charge in [-0.1, -0.05) is 17.7 Å². The van der Waals surface area contributed by atoms with Gasteiger partial charge in [-0.3, -0.25) is 9.79 Å². The van der Waals surface area contributed by atoms with E-state index in [0.717, 1.165) is 36.4 Å². The van der Waals surface area contributed by atoms with E-state index in [9.17, 15) is 23.2 Å². The Bertz CT molecular complexity index is 1200. The molecule has 4 rings (SSSR count). The molecular weight excluding hydrogens is 459 g/mol. The summed E-state index contributed by atoms with van der Waals surface area (Å²) in [6.07, 6.45) is -2.06. The standard InChI is InChI=1S/C22H19ClF3N5O2/c1-12-4-3-7-28-20(12)31-10-15-9-30(11-16(15)29-31)21(32)18-17(33-13(2)22(24,25)26)6-5-14(8-27)19(18)23/h4-6,10,13H,3,7,9,11H2,1-2H3. The van der Waals surface area contributed by atoms with Gasteiger partial charge in [0.15, 0.2) is 11.9 Å². The third kappa shape index (κ3) is 4.33. The Hall–Kier alpha value is -3.32. The summed E-state index contributed by atoms with van der Waals surface area (Å²) >= 11 is 6.24. The second kappa shape index (κ2) is 8.56. The van der Waals surface area contributed by atoms with Crippen molar-refractivity contribution >= 4 is 23.3 Å². The topological polar surface area (TPSA) is 83.5 Å². The summed E-state index contributed by atoms with van der Waals surface area (Å²) < 4.78 is 45.8. The van der Waals surface area contributed by atoms with Crippen LogP contribution in [0.2, 0.25) is 5.02 Å². The van der Waals surface area contributed by atoms with Crippen LogP contribution in [-0.4, -0.2) is 45.2 Å². The molecule has 0 N–H and O–H groups in total. The molecule has 1 unspecified atom stereocenters. The lowest BCUT2D eigenvalue weighted by molar-refractivity contribution is -0.189. The Morgan fingerprint density at radius 1 is 1.33 bits per heavy atom. The van der Waals surface area contributed by atoms with Gasteiger partial charge in [0.05, 0.1) is 22.8 Å². The number of fused-ring (bicyclic) bond motifs is 1. The van der Waals surface area contributed by atoms with Gasteiger partial charge in [-0.05, 0) is 38.0 Å². The Morgan fingerprint density at radius 2 is 2.09 bits per heavy atom. The van der Waals surface area contributed by atoms with Crippen LogP contribution in [-0.2, 0) is 13.1 Å². The van der Waals surface area contributed by atoms with E-state index in [1.54, 1.807) is 10.9 Å². The molecule has 33 heavy (non-hydrogen) atoms. The molecule has 1 amide bonds. The summed E-state index contributed by atoms with van der Waals surface area (Å²) in [4.78, 5) is 19.2. The Labute approximate surface area is 192 Å². The number of carbonyl (C=O) groups is 1. The Balaban J connectivity index is 1.61. The average molecular weight is 478 g/mol. The van der Waals surface area contributed by atoms with Gasteiger partial charge in [0.2, 0.25) is 0 Å². The molecule has 3 heterocycles. The van der Waals surface area contributed by atoms with Crippen LogP contribution < -0.4 is 4.74 Å². The first-order valence-electron chi connectivity index (χ1n) is 10.1. The van der Waals surface area contributed by atoms with E-state index in [1.165, 1.54) is 11.0 Å². The summed E-state index contributed by atoms with van der Waals surface area (Å²) in [7, 11) is 0. The van der Waals surface area contributed by atoms with Crippen molar-refractivity contribution in [2.45, 2.75) is 45.6 Å². The van der Waals surface area contributed by atoms with Crippen molar-refractivity contribution in [1.82, 2.24) is 14.7 Å². The smallest absolute Gasteiger partial charge is 0.425 e. The van der Waals surface area contributed by atoms with Gasteiger partial charge in [-0.15, -0.1) is 0 Å². The molecule has 0 fully saturated rings. The minimum absolute atomic E-state index is 0.0354. The second-order valence-electron chi connectivity index (χ2n) is 7.80. The molecule has 0 saturated carbocycles. The van der Waals surface area contributed by atoms with Gasteiger partial charge in [0.25, 0.3) is 5.91 Å². The number of hydrogen-bond donors (Lipinski definition) is 0. The van der Waals surface area contributed by atoms with E-state index in [0.29, 0.717) is 12.2 Å². The number of allylic oxidation sites excluding steroid dienone is 1. The number of aliphatic imine (C=N–C) groups is 1. The third-order valence-electron chi connectivity index (χ3n) is 5.48. The summed E-state index contributed by atoms with van der Waals surface area (Å²) in [6.45, 7) is 3.78. The molecule has 2 aliphatic rings. The first-order valence-corrected chi connectivity index (χ1v) is 10.5. The summed E-state index contributed by atoms with van der Waals surface area (Å²) in [5.74, 6) is -0.229. The van der Waals surface area contributed by atoms with E-state index in [1.807, 2.05) is 13.0 Å². The minimum atomic E-state index is -4.64. The maximum atomic E-state index is 13.3. The van der Waals surface area contributed by atoms with Crippen LogP contribution in [0, 0.1) is 11.3 Å². The number of halogens is 4. The van der Waals surface area contributed by atoms with Crippen molar-refractivity contribution in [3.05, 3.63) is 57.4 Å². The van der Waals surface area contributed by atoms with Crippen LogP contribution in [0.15, 0.2) is 35.0 Å². The normalized spacial score (nSPS) is 16.6. The molecule has 0 saturated heterocycles. The van der Waals surface area contributed by atoms with E-state index >= 15 is 0 Å². The molecule has 0 aliphatic carbocycles. The lowest BCUT2D eigenvalue weighted by Gasteiger charge is -2.23. The zero-order valence-corrected chi connectivity index (χ0v) is 18.5. The van der Waals surface area contributed by atoms with Gasteiger partial charge in [-0.2, -0.15) is 23.5 Å². The first kappa shape index (κ1) is 22.9. The van der Waals surface area contributed by atoms with Crippen molar-refractivity contribution in [2.75, 3.05) is 6.54 Å². The fraction of sp³-hybridized carbons (Fsp3) is 0.364. The number of amides is 1. The first-order chi connectivity index (χ1) is 15.6. The Kier molecular flexibility index (Phi) is 5.93. The van der Waals surface area contributed by atoms with Crippen molar-refractivity contribution in [3.8, 4) is 11.8 Å². The molecule has 1 atom stereocenters. The lowest BCUT2D eigenvalue weighted by Crippen LogP contribution is -2.33. The highest BCUT2D eigenvalue weighted by Crippen LogP contribution is 2.35. The lowest BCUT2D eigenvalue weighted by atomic mass is 10.1. The molecule has 1 aromatic heterocycles. The number of benzene rings is 1. The van der Waals surface area contributed by atoms with Crippen LogP contribution in [0.1, 0.15) is 47.4 Å². The van der Waals surface area contributed by atoms with Gasteiger partial charge >= 0.3 is 6.18 Å². The minimum Gasteiger partial charge on any atom is -0.480 e. The highest BCUT2D eigenvalue weighted by Gasteiger charge is 2.39. The number of carbonyl (C=O) groups excluding carboxylic acids is 1. The summed E-state index contributed by atoms with van der Waals surface area (Å²) in [6, 6.07) is 4.22. The molecule has 0 bridgehead atoms. The van der Waals surface area contributed by atoms with Gasteiger partial charge in [-0.25, -0.2) is 4.68 Å². The number of dihydropyridines is 1. The number of aromatic nitrogens is 2. The zero-order chi connectivity index (χ0) is 23.9.